The molecule has 0 unspecified atom stereocenters. The number of aryl methyl sites for hydroxylation is 2. The normalized spacial score (nSPS) is 14.9. The second-order valence-corrected chi connectivity index (χ2v) is 20.6. The van der Waals surface area contributed by atoms with E-state index in [4.69, 9.17) is 4.74 Å². The van der Waals surface area contributed by atoms with Crippen molar-refractivity contribution in [2.45, 2.75) is 19.3 Å². The fraction of sp³-hybridized carbons (Fsp3) is 0.0526. The van der Waals surface area contributed by atoms with Crippen molar-refractivity contribution < 1.29 is 4.74 Å². The average molecular weight is 782 g/mol. The predicted molar refractivity (Wildman–Crippen MR) is 250 cm³/mol. The second kappa shape index (κ2) is 12.2. The molecular formula is C57H39NOSi. The number of benzene rings is 9. The van der Waals surface area contributed by atoms with Gasteiger partial charge in [-0.2, -0.15) is 0 Å². The van der Waals surface area contributed by atoms with Gasteiger partial charge >= 0.3 is 0 Å². The van der Waals surface area contributed by atoms with Crippen LogP contribution in [-0.4, -0.2) is 8.07 Å². The monoisotopic (exact) mass is 781 g/mol. The van der Waals surface area contributed by atoms with Gasteiger partial charge in [0, 0.05) is 16.8 Å². The summed E-state index contributed by atoms with van der Waals surface area (Å²) in [5.74, 6) is 1.78. The largest absolute Gasteiger partial charge is 0.457 e. The minimum Gasteiger partial charge on any atom is -0.457 e. The molecule has 282 valence electrons. The van der Waals surface area contributed by atoms with E-state index < -0.39 is 13.5 Å². The van der Waals surface area contributed by atoms with Crippen LogP contribution in [0.1, 0.15) is 33.4 Å². The number of hydrogen-bond donors (Lipinski definition) is 0. The lowest BCUT2D eigenvalue weighted by molar-refractivity contribution is 0.434. The summed E-state index contributed by atoms with van der Waals surface area (Å²) in [7, 11) is -2.72. The van der Waals surface area contributed by atoms with E-state index in [1.807, 2.05) is 0 Å². The number of fused-ring (bicyclic) bond motifs is 18. The number of para-hydroxylation sites is 3. The second-order valence-electron chi connectivity index (χ2n) is 16.9. The molecular weight excluding hydrogens is 743 g/mol. The number of rotatable bonds is 2. The molecule has 0 saturated heterocycles. The predicted octanol–water partition coefficient (Wildman–Crippen LogP) is 11.6. The van der Waals surface area contributed by atoms with Crippen LogP contribution in [0.25, 0.3) is 33.4 Å². The van der Waals surface area contributed by atoms with E-state index >= 15 is 0 Å². The lowest BCUT2D eigenvalue weighted by atomic mass is 9.61. The van der Waals surface area contributed by atoms with Crippen molar-refractivity contribution in [3.8, 4) is 44.9 Å². The maximum absolute atomic E-state index is 6.76. The zero-order valence-corrected chi connectivity index (χ0v) is 34.4. The van der Waals surface area contributed by atoms with Crippen LogP contribution in [0.3, 0.4) is 0 Å². The number of ether oxygens (including phenoxy) is 1. The van der Waals surface area contributed by atoms with Gasteiger partial charge < -0.3 is 9.64 Å². The van der Waals surface area contributed by atoms with E-state index in [1.54, 1.807) is 0 Å². The zero-order valence-electron chi connectivity index (χ0n) is 33.4. The molecule has 4 heterocycles. The van der Waals surface area contributed by atoms with Gasteiger partial charge in [0.2, 0.25) is 0 Å². The zero-order chi connectivity index (χ0) is 39.7. The number of hydrogen-bond acceptors (Lipinski definition) is 2. The van der Waals surface area contributed by atoms with Gasteiger partial charge in [-0.15, -0.1) is 0 Å². The topological polar surface area (TPSA) is 12.5 Å². The summed E-state index contributed by atoms with van der Waals surface area (Å²) >= 11 is 0. The molecule has 9 aromatic carbocycles. The fourth-order valence-electron chi connectivity index (χ4n) is 11.5. The summed E-state index contributed by atoms with van der Waals surface area (Å²) in [6, 6.07) is 75.4. The van der Waals surface area contributed by atoms with Gasteiger partial charge in [-0.1, -0.05) is 169 Å². The Bertz CT molecular complexity index is 3190. The van der Waals surface area contributed by atoms with Crippen molar-refractivity contribution in [3.05, 3.63) is 234 Å². The highest BCUT2D eigenvalue weighted by molar-refractivity contribution is 7.24. The standard InChI is InChI=1S/C57H39NOSi/c1-36-24-28-42-43-29-25-37(2)33-55(43)60(54(42)32-36)53-23-13-6-16-41(53)44-30-27-40(35-56(44)60)58-49-20-10-7-17-45(49)57(48-34-39(26-31-50(48)58)38-14-4-3-5-15-38)46-18-8-11-21-51(46)59-52-22-12-9-19-47(52)57/h3-35H,1-2H3. The third-order valence-corrected chi connectivity index (χ3v) is 18.7. The van der Waals surface area contributed by atoms with Crippen LogP contribution in [0.15, 0.2) is 200 Å². The molecule has 4 aliphatic heterocycles. The van der Waals surface area contributed by atoms with Crippen molar-refractivity contribution in [1.29, 1.82) is 0 Å². The minimum atomic E-state index is -2.72. The summed E-state index contributed by atoms with van der Waals surface area (Å²) in [6.45, 7) is 4.51. The Morgan fingerprint density at radius 1 is 0.383 bits per heavy atom. The van der Waals surface area contributed by atoms with Crippen molar-refractivity contribution in [2.75, 3.05) is 4.90 Å². The first-order valence-electron chi connectivity index (χ1n) is 21.0. The Morgan fingerprint density at radius 3 is 1.62 bits per heavy atom. The van der Waals surface area contributed by atoms with E-state index in [0.29, 0.717) is 0 Å². The first-order chi connectivity index (χ1) is 29.6. The molecule has 0 aromatic heterocycles. The molecule has 2 spiro atoms. The third-order valence-electron chi connectivity index (χ3n) is 13.8. The van der Waals surface area contributed by atoms with Crippen molar-refractivity contribution >= 4 is 45.9 Å². The van der Waals surface area contributed by atoms with Crippen LogP contribution in [-0.2, 0) is 5.41 Å². The smallest absolute Gasteiger partial charge is 0.182 e. The van der Waals surface area contributed by atoms with Crippen molar-refractivity contribution in [1.82, 2.24) is 0 Å². The Hall–Kier alpha value is -7.20. The van der Waals surface area contributed by atoms with Crippen LogP contribution in [0.5, 0.6) is 11.5 Å². The third kappa shape index (κ3) is 4.22. The fourth-order valence-corrected chi connectivity index (χ4v) is 17.3. The molecule has 0 radical (unpaired) electrons. The molecule has 0 amide bonds. The quantitative estimate of drug-likeness (QED) is 0.162. The summed E-state index contributed by atoms with van der Waals surface area (Å²) in [5.41, 5.74) is 18.2. The lowest BCUT2D eigenvalue weighted by Crippen LogP contribution is -2.70. The summed E-state index contributed by atoms with van der Waals surface area (Å²) in [5, 5.41) is 5.98. The Morgan fingerprint density at radius 2 is 0.917 bits per heavy atom. The first kappa shape index (κ1) is 33.7. The van der Waals surface area contributed by atoms with Gasteiger partial charge in [-0.3, -0.25) is 0 Å². The molecule has 60 heavy (non-hydrogen) atoms. The summed E-state index contributed by atoms with van der Waals surface area (Å²) < 4.78 is 6.76. The molecule has 9 aromatic rings. The highest BCUT2D eigenvalue weighted by Crippen LogP contribution is 2.63. The Kier molecular flexibility index (Phi) is 6.84. The van der Waals surface area contributed by atoms with Gasteiger partial charge in [0.05, 0.1) is 16.8 Å². The molecule has 0 aliphatic carbocycles. The Balaban J connectivity index is 1.13. The van der Waals surface area contributed by atoms with Crippen LogP contribution in [0.2, 0.25) is 0 Å². The minimum absolute atomic E-state index is 0.639. The molecule has 0 fully saturated rings. The first-order valence-corrected chi connectivity index (χ1v) is 23.0. The highest BCUT2D eigenvalue weighted by atomic mass is 28.3. The SMILES string of the molecule is Cc1ccc2c(c1)[Si]1(c3ccccc3-c3ccc(N4c5ccccc5C5(c6ccccc6Oc6ccccc65)c5cc(-c6ccccc6)ccc54)cc31)c1cc(C)ccc1-2. The molecule has 0 bridgehead atoms. The molecule has 3 heteroatoms. The highest BCUT2D eigenvalue weighted by Gasteiger charge is 2.55. The Labute approximate surface area is 351 Å². The maximum atomic E-state index is 6.76. The molecule has 2 nitrogen and oxygen atoms in total. The van der Waals surface area contributed by atoms with Crippen LogP contribution < -0.4 is 30.4 Å². The van der Waals surface area contributed by atoms with Crippen molar-refractivity contribution in [3.63, 3.8) is 0 Å². The molecule has 4 aliphatic rings. The van der Waals surface area contributed by atoms with E-state index in [9.17, 15) is 0 Å². The summed E-state index contributed by atoms with van der Waals surface area (Å²) in [6.07, 6.45) is 0. The average Bonchev–Trinajstić information content (AvgIpc) is 3.75. The van der Waals surface area contributed by atoms with Gasteiger partial charge in [-0.25, -0.2) is 0 Å². The molecule has 0 saturated carbocycles. The van der Waals surface area contributed by atoms with E-state index in [-0.39, 0.29) is 0 Å². The molecule has 0 N–H and O–H groups in total. The van der Waals surface area contributed by atoms with Gasteiger partial charge in [0.1, 0.15) is 11.5 Å². The van der Waals surface area contributed by atoms with Crippen LogP contribution in [0, 0.1) is 13.8 Å². The van der Waals surface area contributed by atoms with Gasteiger partial charge in [0.15, 0.2) is 8.07 Å². The van der Waals surface area contributed by atoms with Crippen LogP contribution >= 0.6 is 0 Å². The lowest BCUT2D eigenvalue weighted by Gasteiger charge is -2.48. The number of anilines is 3. The maximum Gasteiger partial charge on any atom is 0.182 e. The molecule has 13 rings (SSSR count). The molecule has 0 atom stereocenters. The van der Waals surface area contributed by atoms with E-state index in [0.717, 1.165) is 22.6 Å². The van der Waals surface area contributed by atoms with Crippen LogP contribution in [0.4, 0.5) is 17.1 Å². The number of nitrogens with zero attached hydrogens (tertiary/aromatic N) is 1. The van der Waals surface area contributed by atoms with Gasteiger partial charge in [0.25, 0.3) is 0 Å². The van der Waals surface area contributed by atoms with Gasteiger partial charge in [-0.05, 0) is 122 Å². The van der Waals surface area contributed by atoms with Crippen molar-refractivity contribution in [2.24, 2.45) is 0 Å². The van der Waals surface area contributed by atoms with E-state index in [2.05, 4.69) is 219 Å². The summed E-state index contributed by atoms with van der Waals surface area (Å²) in [4.78, 5) is 2.56. The van der Waals surface area contributed by atoms with E-state index in [1.165, 1.54) is 93.4 Å².